The van der Waals surface area contributed by atoms with Crippen molar-refractivity contribution in [1.82, 2.24) is 24.3 Å². The zero-order chi connectivity index (χ0) is 32.7. The summed E-state index contributed by atoms with van der Waals surface area (Å²) in [5.74, 6) is 0.0949. The van der Waals surface area contributed by atoms with Crippen LogP contribution in [0.5, 0.6) is 5.75 Å². The number of aromatic nitrogens is 5. The van der Waals surface area contributed by atoms with Crippen molar-refractivity contribution in [3.63, 3.8) is 0 Å². The Labute approximate surface area is 264 Å². The van der Waals surface area contributed by atoms with E-state index in [1.54, 1.807) is 4.57 Å². The fourth-order valence-electron chi connectivity index (χ4n) is 5.82. The first kappa shape index (κ1) is 31.4. The number of amides is 1. The van der Waals surface area contributed by atoms with Crippen molar-refractivity contribution in [3.8, 4) is 5.75 Å². The number of aromatic hydroxyl groups is 1. The van der Waals surface area contributed by atoms with E-state index in [0.29, 0.717) is 68.7 Å². The standard InChI is InChI=1S/C29H30ClF3N8O5/c1-3-21-24(38-8-9-39(16(2)13-38)26-22(42)15-46-37-26)27(44)41-28(35-25(36-41)17-6-10-45-11-7-17)40(21)14-23(43)34-20-5-4-18(12-19(20)30)29(31,32)33/h4-6,12,15-16,42H,3,7-11,13-14H2,1-2H3,(H,34,43)/t16-/m1/s1. The number of hydrogen-bond donors (Lipinski definition) is 2. The van der Waals surface area contributed by atoms with Crippen molar-refractivity contribution in [3.05, 3.63) is 63.0 Å². The molecule has 0 bridgehead atoms. The molecule has 1 atom stereocenters. The lowest BCUT2D eigenvalue weighted by atomic mass is 10.1. The summed E-state index contributed by atoms with van der Waals surface area (Å²) in [5, 5.41) is 20.9. The Kier molecular flexibility index (Phi) is 8.41. The van der Waals surface area contributed by atoms with Crippen LogP contribution in [0.1, 0.15) is 37.4 Å². The maximum absolute atomic E-state index is 14.1. The van der Waals surface area contributed by atoms with E-state index in [0.717, 1.165) is 30.0 Å². The molecule has 0 unspecified atom stereocenters. The van der Waals surface area contributed by atoms with Gasteiger partial charge < -0.3 is 34.1 Å². The molecular formula is C29H30ClF3N8O5. The predicted molar refractivity (Wildman–Crippen MR) is 162 cm³/mol. The number of anilines is 3. The summed E-state index contributed by atoms with van der Waals surface area (Å²) in [6, 6.07) is 2.48. The van der Waals surface area contributed by atoms with Crippen LogP contribution in [0.4, 0.5) is 30.4 Å². The molecule has 2 aliphatic rings. The van der Waals surface area contributed by atoms with E-state index in [-0.39, 0.29) is 34.8 Å². The van der Waals surface area contributed by atoms with Crippen LogP contribution in [0, 0.1) is 0 Å². The van der Waals surface area contributed by atoms with Gasteiger partial charge in [0.05, 0.1) is 35.2 Å². The van der Waals surface area contributed by atoms with E-state index in [1.807, 2.05) is 29.7 Å². The molecule has 4 aromatic rings. The molecule has 0 saturated carbocycles. The third-order valence-corrected chi connectivity index (χ3v) is 8.34. The number of nitrogens with zero attached hydrogens (tertiary/aromatic N) is 7. The van der Waals surface area contributed by atoms with E-state index in [9.17, 15) is 27.9 Å². The van der Waals surface area contributed by atoms with E-state index < -0.39 is 23.2 Å². The molecule has 46 heavy (non-hydrogen) atoms. The van der Waals surface area contributed by atoms with Gasteiger partial charge in [-0.05, 0) is 43.5 Å². The highest BCUT2D eigenvalue weighted by Crippen LogP contribution is 2.34. The number of benzene rings is 1. The number of piperazine rings is 1. The van der Waals surface area contributed by atoms with Gasteiger partial charge in [0.1, 0.15) is 12.2 Å². The van der Waals surface area contributed by atoms with Crippen molar-refractivity contribution in [2.75, 3.05) is 48.0 Å². The number of fused-ring (bicyclic) bond motifs is 1. The van der Waals surface area contributed by atoms with Crippen LogP contribution in [0.2, 0.25) is 5.02 Å². The topological polar surface area (TPSA) is 143 Å². The molecule has 0 aliphatic carbocycles. The van der Waals surface area contributed by atoms with Gasteiger partial charge in [0.15, 0.2) is 12.1 Å². The Hall–Kier alpha value is -4.57. The molecule has 2 aliphatic heterocycles. The highest BCUT2D eigenvalue weighted by Gasteiger charge is 2.33. The molecule has 0 spiro atoms. The number of halogens is 4. The fraction of sp³-hybridized carbons (Fsp3) is 0.414. The number of nitrogens with one attached hydrogen (secondary N) is 1. The van der Waals surface area contributed by atoms with Gasteiger partial charge in [-0.15, -0.1) is 5.10 Å². The molecule has 13 nitrogen and oxygen atoms in total. The number of alkyl halides is 3. The van der Waals surface area contributed by atoms with Gasteiger partial charge >= 0.3 is 6.18 Å². The molecule has 0 radical (unpaired) electrons. The highest BCUT2D eigenvalue weighted by molar-refractivity contribution is 6.33. The van der Waals surface area contributed by atoms with Crippen LogP contribution in [0.15, 0.2) is 39.9 Å². The van der Waals surface area contributed by atoms with Gasteiger partial charge in [0.25, 0.3) is 5.56 Å². The Morgan fingerprint density at radius 3 is 2.70 bits per heavy atom. The quantitative estimate of drug-likeness (QED) is 0.298. The van der Waals surface area contributed by atoms with Crippen molar-refractivity contribution in [2.24, 2.45) is 0 Å². The summed E-state index contributed by atoms with van der Waals surface area (Å²) >= 11 is 6.10. The fourth-order valence-corrected chi connectivity index (χ4v) is 6.05. The summed E-state index contributed by atoms with van der Waals surface area (Å²) in [4.78, 5) is 36.0. The lowest BCUT2D eigenvalue weighted by Gasteiger charge is -2.41. The maximum atomic E-state index is 14.1. The van der Waals surface area contributed by atoms with Gasteiger partial charge in [-0.1, -0.05) is 29.8 Å². The van der Waals surface area contributed by atoms with Crippen LogP contribution in [-0.4, -0.2) is 74.2 Å². The molecule has 17 heteroatoms. The largest absolute Gasteiger partial charge is 0.502 e. The number of ether oxygens (including phenoxy) is 1. The summed E-state index contributed by atoms with van der Waals surface area (Å²) in [6.07, 6.45) is -0.722. The van der Waals surface area contributed by atoms with E-state index in [2.05, 4.69) is 20.6 Å². The van der Waals surface area contributed by atoms with E-state index in [1.165, 1.54) is 4.52 Å². The number of carbonyl (C=O) groups is 1. The Morgan fingerprint density at radius 1 is 1.26 bits per heavy atom. The van der Waals surface area contributed by atoms with Gasteiger partial charge in [-0.25, -0.2) is 0 Å². The summed E-state index contributed by atoms with van der Waals surface area (Å²) < 4.78 is 52.5. The average molecular weight is 663 g/mol. The van der Waals surface area contributed by atoms with Crippen LogP contribution in [0.25, 0.3) is 11.4 Å². The second-order valence-electron chi connectivity index (χ2n) is 11.0. The monoisotopic (exact) mass is 662 g/mol. The van der Waals surface area contributed by atoms with Crippen LogP contribution in [0.3, 0.4) is 0 Å². The Balaban J connectivity index is 1.39. The molecule has 2 N–H and O–H groups in total. The lowest BCUT2D eigenvalue weighted by Crippen LogP contribution is -2.54. The molecule has 244 valence electrons. The molecule has 1 aromatic carbocycles. The van der Waals surface area contributed by atoms with Crippen molar-refractivity contribution in [1.29, 1.82) is 0 Å². The first-order valence-corrected chi connectivity index (χ1v) is 14.9. The molecule has 1 saturated heterocycles. The number of carbonyl (C=O) groups excluding carboxylic acids is 1. The third-order valence-electron chi connectivity index (χ3n) is 8.03. The van der Waals surface area contributed by atoms with Crippen LogP contribution < -0.4 is 20.7 Å². The second kappa shape index (κ2) is 12.3. The van der Waals surface area contributed by atoms with E-state index in [4.69, 9.17) is 20.9 Å². The van der Waals surface area contributed by atoms with Gasteiger partial charge in [0.2, 0.25) is 23.3 Å². The van der Waals surface area contributed by atoms with Gasteiger partial charge in [-0.2, -0.15) is 22.7 Å². The lowest BCUT2D eigenvalue weighted by molar-refractivity contribution is -0.137. The number of rotatable bonds is 7. The van der Waals surface area contributed by atoms with Crippen LogP contribution in [-0.2, 0) is 28.7 Å². The van der Waals surface area contributed by atoms with Crippen molar-refractivity contribution >= 4 is 46.1 Å². The second-order valence-corrected chi connectivity index (χ2v) is 11.4. The molecule has 3 aromatic heterocycles. The molecule has 1 fully saturated rings. The van der Waals surface area contributed by atoms with Gasteiger partial charge in [0, 0.05) is 25.7 Å². The Morgan fingerprint density at radius 2 is 2.07 bits per heavy atom. The SMILES string of the molecule is CCc1c(N2CCN(c3nocc3O)[C@H](C)C2)c(=O)n2nc(C3=CCOCC3)nc2n1CC(=O)Nc1ccc(C(F)(F)F)cc1Cl. The van der Waals surface area contributed by atoms with Crippen molar-refractivity contribution < 1.29 is 32.3 Å². The summed E-state index contributed by atoms with van der Waals surface area (Å²) in [5.41, 5.74) is 0.314. The van der Waals surface area contributed by atoms with Crippen LogP contribution >= 0.6 is 11.6 Å². The minimum atomic E-state index is -4.59. The first-order chi connectivity index (χ1) is 22.0. The zero-order valence-electron chi connectivity index (χ0n) is 24.8. The summed E-state index contributed by atoms with van der Waals surface area (Å²) in [7, 11) is 0. The first-order valence-electron chi connectivity index (χ1n) is 14.6. The summed E-state index contributed by atoms with van der Waals surface area (Å²) in [6.45, 7) is 5.44. The predicted octanol–water partition coefficient (Wildman–Crippen LogP) is 3.98. The molecule has 6 rings (SSSR count). The molecular weight excluding hydrogens is 633 g/mol. The average Bonchev–Trinajstić information content (AvgIpc) is 3.66. The van der Waals surface area contributed by atoms with E-state index >= 15 is 0 Å². The Bertz CT molecular complexity index is 1880. The van der Waals surface area contributed by atoms with Gasteiger partial charge in [-0.3, -0.25) is 9.59 Å². The maximum Gasteiger partial charge on any atom is 0.416 e. The minimum absolute atomic E-state index is 0.00516. The minimum Gasteiger partial charge on any atom is -0.502 e. The molecule has 5 heterocycles. The normalized spacial score (nSPS) is 17.4. The third kappa shape index (κ3) is 5.89. The zero-order valence-corrected chi connectivity index (χ0v) is 25.6. The van der Waals surface area contributed by atoms with Crippen molar-refractivity contribution in [2.45, 2.75) is 45.5 Å². The molecule has 1 amide bonds. The number of hydrogen-bond acceptors (Lipinski definition) is 10. The smallest absolute Gasteiger partial charge is 0.416 e. The highest BCUT2D eigenvalue weighted by atomic mass is 35.5.